The number of amides is 2. The number of β-lactam (4-membered cyclic amide) rings is 1. The van der Waals surface area contributed by atoms with Crippen molar-refractivity contribution in [3.05, 3.63) is 34.3 Å². The molecule has 22 heavy (non-hydrogen) atoms. The van der Waals surface area contributed by atoms with Gasteiger partial charge in [0.2, 0.25) is 5.91 Å². The molecule has 7 nitrogen and oxygen atoms in total. The van der Waals surface area contributed by atoms with Crippen LogP contribution in [0.4, 0.5) is 0 Å². The second-order valence-corrected chi connectivity index (χ2v) is 6.83. The lowest BCUT2D eigenvalue weighted by Crippen LogP contribution is -2.70. The number of rotatable bonds is 4. The molecular weight excluding hydrogens is 376 g/mol. The molecule has 2 aliphatic rings. The molecule has 2 aliphatic heterocycles. The second-order valence-electron chi connectivity index (χ2n) is 4.77. The normalized spacial score (nSPS) is 23.9. The van der Waals surface area contributed by atoms with Crippen LogP contribution in [0.3, 0.4) is 0 Å². The maximum Gasteiger partial charge on any atom is 0.353 e. The van der Waals surface area contributed by atoms with Gasteiger partial charge in [-0.25, -0.2) is 4.79 Å². The average molecular weight is 387 g/mol. The minimum absolute atomic E-state index is 0.0412. The Balaban J connectivity index is 1.68. The molecule has 2 N–H and O–H groups in total. The zero-order valence-electron chi connectivity index (χ0n) is 11.1. The predicted octanol–water partition coefficient (Wildman–Crippen LogP) is 0.913. The van der Waals surface area contributed by atoms with Crippen LogP contribution < -0.4 is 5.32 Å². The van der Waals surface area contributed by atoms with Crippen molar-refractivity contribution >= 4 is 45.5 Å². The van der Waals surface area contributed by atoms with Gasteiger partial charge in [0.25, 0.3) is 5.91 Å². The number of aliphatic carboxylic acids is 1. The van der Waals surface area contributed by atoms with E-state index in [9.17, 15) is 19.5 Å². The van der Waals surface area contributed by atoms with Crippen LogP contribution in [0.15, 0.2) is 33.0 Å². The molecule has 0 aliphatic carbocycles. The first-order chi connectivity index (χ1) is 10.5. The number of furan rings is 1. The SMILES string of the molecule is O=C(Cc1ccco1)NC1C(=O)N2C(C(=O)O)=C(Br)CS[C@@H]12. The molecule has 0 saturated carbocycles. The van der Waals surface area contributed by atoms with E-state index in [2.05, 4.69) is 21.2 Å². The molecule has 1 aromatic rings. The van der Waals surface area contributed by atoms with Gasteiger partial charge in [0.05, 0.1) is 12.7 Å². The Labute approximate surface area is 137 Å². The Kier molecular flexibility index (Phi) is 4.00. The van der Waals surface area contributed by atoms with E-state index in [0.29, 0.717) is 16.0 Å². The third-order valence-electron chi connectivity index (χ3n) is 3.36. The van der Waals surface area contributed by atoms with Crippen LogP contribution in [-0.4, -0.2) is 45.0 Å². The number of halogens is 1. The monoisotopic (exact) mass is 386 g/mol. The van der Waals surface area contributed by atoms with Crippen LogP contribution in [0.1, 0.15) is 5.76 Å². The summed E-state index contributed by atoms with van der Waals surface area (Å²) in [6.45, 7) is 0. The summed E-state index contributed by atoms with van der Waals surface area (Å²) in [6.07, 6.45) is 1.51. The molecule has 2 atom stereocenters. The number of carbonyl (C=O) groups excluding carboxylic acids is 2. The van der Waals surface area contributed by atoms with Gasteiger partial charge in [-0.2, -0.15) is 0 Å². The van der Waals surface area contributed by atoms with Gasteiger partial charge < -0.3 is 14.8 Å². The van der Waals surface area contributed by atoms with E-state index in [4.69, 9.17) is 4.42 Å². The van der Waals surface area contributed by atoms with Crippen molar-refractivity contribution in [3.63, 3.8) is 0 Å². The van der Waals surface area contributed by atoms with E-state index in [-0.39, 0.29) is 23.4 Å². The van der Waals surface area contributed by atoms with Crippen LogP contribution in [-0.2, 0) is 20.8 Å². The van der Waals surface area contributed by atoms with Gasteiger partial charge in [-0.05, 0) is 12.1 Å². The Morgan fingerprint density at radius 1 is 1.55 bits per heavy atom. The van der Waals surface area contributed by atoms with E-state index in [0.717, 1.165) is 0 Å². The molecule has 1 aromatic heterocycles. The highest BCUT2D eigenvalue weighted by Gasteiger charge is 2.53. The first kappa shape index (κ1) is 15.2. The first-order valence-electron chi connectivity index (χ1n) is 6.37. The van der Waals surface area contributed by atoms with E-state index in [1.54, 1.807) is 12.1 Å². The number of nitrogens with one attached hydrogen (secondary N) is 1. The molecule has 0 radical (unpaired) electrons. The Bertz CT molecular complexity index is 672. The second kappa shape index (κ2) is 5.81. The third kappa shape index (κ3) is 2.54. The molecule has 3 rings (SSSR count). The summed E-state index contributed by atoms with van der Waals surface area (Å²) in [7, 11) is 0. The largest absolute Gasteiger partial charge is 0.477 e. The summed E-state index contributed by atoms with van der Waals surface area (Å²) in [5.74, 6) is -0.962. The lowest BCUT2D eigenvalue weighted by Gasteiger charge is -2.48. The van der Waals surface area contributed by atoms with Crippen molar-refractivity contribution in [2.24, 2.45) is 0 Å². The van der Waals surface area contributed by atoms with E-state index < -0.39 is 17.9 Å². The Morgan fingerprint density at radius 2 is 2.32 bits per heavy atom. The molecule has 0 bridgehead atoms. The average Bonchev–Trinajstić information content (AvgIpc) is 2.97. The molecule has 9 heteroatoms. The number of thioether (sulfide) groups is 1. The Morgan fingerprint density at radius 3 is 2.95 bits per heavy atom. The zero-order chi connectivity index (χ0) is 15.9. The summed E-state index contributed by atoms with van der Waals surface area (Å²) >= 11 is 4.58. The van der Waals surface area contributed by atoms with Crippen molar-refractivity contribution < 1.29 is 23.9 Å². The third-order valence-corrected chi connectivity index (χ3v) is 5.66. The van der Waals surface area contributed by atoms with Crippen LogP contribution >= 0.6 is 27.7 Å². The van der Waals surface area contributed by atoms with Crippen LogP contribution in [0, 0.1) is 0 Å². The van der Waals surface area contributed by atoms with Gasteiger partial charge in [0.1, 0.15) is 22.9 Å². The van der Waals surface area contributed by atoms with E-state index in [1.807, 2.05) is 0 Å². The van der Waals surface area contributed by atoms with Gasteiger partial charge in [-0.15, -0.1) is 11.8 Å². The lowest BCUT2D eigenvalue weighted by atomic mass is 10.0. The minimum Gasteiger partial charge on any atom is -0.477 e. The Hall–Kier alpha value is -1.74. The smallest absolute Gasteiger partial charge is 0.353 e. The number of hydrogen-bond donors (Lipinski definition) is 2. The number of hydrogen-bond acceptors (Lipinski definition) is 5. The topological polar surface area (TPSA) is 99.9 Å². The molecule has 1 saturated heterocycles. The summed E-state index contributed by atoms with van der Waals surface area (Å²) in [5.41, 5.74) is -0.0507. The maximum atomic E-state index is 12.2. The predicted molar refractivity (Wildman–Crippen MR) is 81.0 cm³/mol. The molecular formula is C13H11BrN2O5S. The summed E-state index contributed by atoms with van der Waals surface area (Å²) in [5, 5.41) is 11.4. The molecule has 116 valence electrons. The number of carbonyl (C=O) groups is 3. The van der Waals surface area contributed by atoms with Crippen LogP contribution in [0.25, 0.3) is 0 Å². The highest BCUT2D eigenvalue weighted by molar-refractivity contribution is 9.11. The molecule has 2 amide bonds. The number of nitrogens with zero attached hydrogens (tertiary/aromatic N) is 1. The zero-order valence-corrected chi connectivity index (χ0v) is 13.5. The van der Waals surface area contributed by atoms with Gasteiger partial charge in [0.15, 0.2) is 0 Å². The minimum atomic E-state index is -1.16. The molecule has 3 heterocycles. The fraction of sp³-hybridized carbons (Fsp3) is 0.308. The molecule has 1 fully saturated rings. The highest BCUT2D eigenvalue weighted by Crippen LogP contribution is 2.41. The van der Waals surface area contributed by atoms with Crippen molar-refractivity contribution in [3.8, 4) is 0 Å². The molecule has 0 spiro atoms. The fourth-order valence-corrected chi connectivity index (χ4v) is 4.32. The quantitative estimate of drug-likeness (QED) is 0.746. The number of carboxylic acids is 1. The molecule has 0 aromatic carbocycles. The number of carboxylic acid groups (broad SMARTS) is 1. The fourth-order valence-electron chi connectivity index (χ4n) is 2.38. The van der Waals surface area contributed by atoms with Crippen molar-refractivity contribution in [1.29, 1.82) is 0 Å². The standard InChI is InChI=1S/C13H11BrN2O5S/c14-7-5-22-12-9(11(18)16(12)10(7)13(19)20)15-8(17)4-6-2-1-3-21-6/h1-3,9,12H,4-5H2,(H,15,17)(H,19,20)/t9?,12-/m0/s1. The van der Waals surface area contributed by atoms with Gasteiger partial charge in [-0.1, -0.05) is 15.9 Å². The molecule has 1 unspecified atom stereocenters. The summed E-state index contributed by atoms with van der Waals surface area (Å²) < 4.78 is 5.55. The van der Waals surface area contributed by atoms with E-state index in [1.165, 1.54) is 22.9 Å². The van der Waals surface area contributed by atoms with Gasteiger partial charge in [0, 0.05) is 10.2 Å². The van der Waals surface area contributed by atoms with Crippen molar-refractivity contribution in [2.45, 2.75) is 17.8 Å². The lowest BCUT2D eigenvalue weighted by molar-refractivity contribution is -0.150. The van der Waals surface area contributed by atoms with Gasteiger partial charge in [-0.3, -0.25) is 14.5 Å². The van der Waals surface area contributed by atoms with Crippen LogP contribution in [0.2, 0.25) is 0 Å². The number of fused-ring (bicyclic) bond motifs is 1. The van der Waals surface area contributed by atoms with Gasteiger partial charge >= 0.3 is 5.97 Å². The van der Waals surface area contributed by atoms with Crippen LogP contribution in [0.5, 0.6) is 0 Å². The highest BCUT2D eigenvalue weighted by atomic mass is 79.9. The first-order valence-corrected chi connectivity index (χ1v) is 8.21. The maximum absolute atomic E-state index is 12.2. The van der Waals surface area contributed by atoms with Crippen molar-refractivity contribution in [1.82, 2.24) is 10.2 Å². The summed E-state index contributed by atoms with van der Waals surface area (Å²) in [4.78, 5) is 36.5. The van der Waals surface area contributed by atoms with Crippen molar-refractivity contribution in [2.75, 3.05) is 5.75 Å². The summed E-state index contributed by atoms with van der Waals surface area (Å²) in [6, 6.07) is 2.64. The van der Waals surface area contributed by atoms with E-state index >= 15 is 0 Å².